The number of nitrogens with zero attached hydrogens (tertiary/aromatic N) is 5. The molecule has 0 aromatic carbocycles. The second kappa shape index (κ2) is 5.99. The predicted molar refractivity (Wildman–Crippen MR) is 78.8 cm³/mol. The Balaban J connectivity index is 1.71. The molecule has 118 valence electrons. The zero-order valence-electron chi connectivity index (χ0n) is 12.3. The van der Waals surface area contributed by atoms with Crippen molar-refractivity contribution in [2.75, 3.05) is 25.0 Å². The molecule has 0 aliphatic carbocycles. The van der Waals surface area contributed by atoms with Gasteiger partial charge in [-0.2, -0.15) is 0 Å². The molecule has 2 aromatic rings. The van der Waals surface area contributed by atoms with Gasteiger partial charge in [0.05, 0.1) is 18.1 Å². The van der Waals surface area contributed by atoms with Gasteiger partial charge in [-0.05, 0) is 0 Å². The van der Waals surface area contributed by atoms with Crippen molar-refractivity contribution in [3.63, 3.8) is 0 Å². The standard InChI is InChI=1S/C13H16FN5O2S/c1-8-16-17-13(21-8)19-4-9(14)3-10(19)5-18(2)12(20)11-6-22-7-15-11/h6-7,9-10H,3-5H2,1-2H3/t9-,10-/m0/s1. The van der Waals surface area contributed by atoms with Gasteiger partial charge in [0.1, 0.15) is 11.9 Å². The van der Waals surface area contributed by atoms with E-state index in [0.29, 0.717) is 30.6 Å². The third kappa shape index (κ3) is 2.94. The molecule has 1 aliphatic heterocycles. The Bertz CT molecular complexity index is 647. The van der Waals surface area contributed by atoms with Gasteiger partial charge >= 0.3 is 6.01 Å². The number of halogens is 1. The first kappa shape index (κ1) is 14.9. The molecule has 3 rings (SSSR count). The van der Waals surface area contributed by atoms with Crippen LogP contribution in [0.4, 0.5) is 10.4 Å². The number of amides is 1. The van der Waals surface area contributed by atoms with E-state index in [4.69, 9.17) is 4.42 Å². The summed E-state index contributed by atoms with van der Waals surface area (Å²) in [7, 11) is 1.69. The Hall–Kier alpha value is -2.03. The van der Waals surface area contributed by atoms with Crippen molar-refractivity contribution in [2.24, 2.45) is 0 Å². The minimum absolute atomic E-state index is 0.176. The average Bonchev–Trinajstić information content (AvgIpc) is 3.19. The van der Waals surface area contributed by atoms with Crippen LogP contribution in [0.1, 0.15) is 22.8 Å². The number of aromatic nitrogens is 3. The summed E-state index contributed by atoms with van der Waals surface area (Å²) >= 11 is 1.37. The Kier molecular flexibility index (Phi) is 4.06. The van der Waals surface area contributed by atoms with Crippen molar-refractivity contribution < 1.29 is 13.6 Å². The van der Waals surface area contributed by atoms with Gasteiger partial charge < -0.3 is 14.2 Å². The van der Waals surface area contributed by atoms with Crippen LogP contribution in [0.25, 0.3) is 0 Å². The largest absolute Gasteiger partial charge is 0.408 e. The van der Waals surface area contributed by atoms with E-state index in [2.05, 4.69) is 15.2 Å². The number of aryl methyl sites for hydroxylation is 1. The van der Waals surface area contributed by atoms with Crippen LogP contribution in [-0.4, -0.2) is 58.3 Å². The van der Waals surface area contributed by atoms with E-state index in [1.165, 1.54) is 11.3 Å². The van der Waals surface area contributed by atoms with Crippen LogP contribution >= 0.6 is 11.3 Å². The number of anilines is 1. The fourth-order valence-corrected chi connectivity index (χ4v) is 3.11. The molecule has 0 N–H and O–H groups in total. The fourth-order valence-electron chi connectivity index (χ4n) is 2.58. The van der Waals surface area contributed by atoms with Gasteiger partial charge in [-0.15, -0.1) is 16.4 Å². The predicted octanol–water partition coefficient (Wildman–Crippen LogP) is 1.52. The van der Waals surface area contributed by atoms with Crippen LogP contribution in [0.15, 0.2) is 15.3 Å². The number of hydrogen-bond donors (Lipinski definition) is 0. The van der Waals surface area contributed by atoms with Gasteiger partial charge in [-0.1, -0.05) is 5.10 Å². The van der Waals surface area contributed by atoms with Crippen LogP contribution < -0.4 is 4.90 Å². The zero-order valence-corrected chi connectivity index (χ0v) is 13.1. The maximum atomic E-state index is 13.8. The highest BCUT2D eigenvalue weighted by atomic mass is 32.1. The van der Waals surface area contributed by atoms with Gasteiger partial charge in [0.25, 0.3) is 5.91 Å². The van der Waals surface area contributed by atoms with Crippen LogP contribution in [0.2, 0.25) is 0 Å². The zero-order chi connectivity index (χ0) is 15.7. The van der Waals surface area contributed by atoms with Crippen molar-refractivity contribution in [2.45, 2.75) is 25.6 Å². The molecule has 0 saturated carbocycles. The lowest BCUT2D eigenvalue weighted by molar-refractivity contribution is 0.0780. The van der Waals surface area contributed by atoms with Gasteiger partial charge in [0, 0.05) is 32.3 Å². The van der Waals surface area contributed by atoms with Gasteiger partial charge in [0.15, 0.2) is 0 Å². The Morgan fingerprint density at radius 2 is 2.41 bits per heavy atom. The summed E-state index contributed by atoms with van der Waals surface area (Å²) in [6, 6.07) is 0.111. The first-order chi connectivity index (χ1) is 10.5. The van der Waals surface area contributed by atoms with Gasteiger partial charge in [0.2, 0.25) is 5.89 Å². The topological polar surface area (TPSA) is 75.4 Å². The first-order valence-electron chi connectivity index (χ1n) is 6.89. The molecule has 7 nitrogen and oxygen atoms in total. The molecule has 0 bridgehead atoms. The number of carbonyl (C=O) groups excluding carboxylic acids is 1. The number of rotatable bonds is 4. The van der Waals surface area contributed by atoms with Crippen LogP contribution in [0.3, 0.4) is 0 Å². The van der Waals surface area contributed by atoms with Crippen molar-refractivity contribution in [1.82, 2.24) is 20.1 Å². The highest BCUT2D eigenvalue weighted by Gasteiger charge is 2.36. The smallest absolute Gasteiger partial charge is 0.318 e. The van der Waals surface area contributed by atoms with Crippen LogP contribution in [-0.2, 0) is 0 Å². The lowest BCUT2D eigenvalue weighted by atomic mass is 10.2. The molecule has 1 aliphatic rings. The van der Waals surface area contributed by atoms with Crippen molar-refractivity contribution in [1.29, 1.82) is 0 Å². The molecule has 1 amide bonds. The summed E-state index contributed by atoms with van der Waals surface area (Å²) in [6.07, 6.45) is -0.643. The quantitative estimate of drug-likeness (QED) is 0.848. The minimum atomic E-state index is -0.972. The van der Waals surface area contributed by atoms with E-state index in [1.807, 2.05) is 0 Å². The molecule has 2 atom stereocenters. The summed E-state index contributed by atoms with van der Waals surface area (Å²) in [5.41, 5.74) is 2.02. The molecule has 0 radical (unpaired) electrons. The maximum Gasteiger partial charge on any atom is 0.318 e. The van der Waals surface area contributed by atoms with E-state index in [9.17, 15) is 9.18 Å². The summed E-state index contributed by atoms with van der Waals surface area (Å²) < 4.78 is 19.2. The lowest BCUT2D eigenvalue weighted by Gasteiger charge is -2.26. The number of hydrogen-bond acceptors (Lipinski definition) is 7. The molecule has 0 unspecified atom stereocenters. The summed E-state index contributed by atoms with van der Waals surface area (Å²) in [4.78, 5) is 19.5. The number of carbonyl (C=O) groups is 1. The van der Waals surface area contributed by atoms with Crippen molar-refractivity contribution >= 4 is 23.3 Å². The molecule has 0 spiro atoms. The summed E-state index contributed by atoms with van der Waals surface area (Å²) in [5, 5.41) is 9.42. The second-order valence-corrected chi connectivity index (χ2v) is 6.02. The molecule has 3 heterocycles. The molecular weight excluding hydrogens is 309 g/mol. The molecule has 1 saturated heterocycles. The highest BCUT2D eigenvalue weighted by molar-refractivity contribution is 7.07. The third-order valence-electron chi connectivity index (χ3n) is 3.61. The summed E-state index contributed by atoms with van der Waals surface area (Å²) in [6.45, 7) is 2.26. The summed E-state index contributed by atoms with van der Waals surface area (Å²) in [5.74, 6) is 0.258. The van der Waals surface area contributed by atoms with E-state index in [0.717, 1.165) is 0 Å². The third-order valence-corrected chi connectivity index (χ3v) is 4.19. The minimum Gasteiger partial charge on any atom is -0.408 e. The molecule has 22 heavy (non-hydrogen) atoms. The van der Waals surface area contributed by atoms with E-state index >= 15 is 0 Å². The maximum absolute atomic E-state index is 13.8. The lowest BCUT2D eigenvalue weighted by Crippen LogP contribution is -2.41. The molecular formula is C13H16FN5O2S. The monoisotopic (exact) mass is 325 g/mol. The first-order valence-corrected chi connectivity index (χ1v) is 7.83. The van der Waals surface area contributed by atoms with Crippen LogP contribution in [0, 0.1) is 6.92 Å². The number of likely N-dealkylation sites (N-methyl/N-ethyl adjacent to an activating group) is 1. The SMILES string of the molecule is Cc1nnc(N2C[C@@H](F)C[C@H]2CN(C)C(=O)c2cscn2)o1. The second-order valence-electron chi connectivity index (χ2n) is 5.30. The van der Waals surface area contributed by atoms with Gasteiger partial charge in [-0.25, -0.2) is 9.37 Å². The van der Waals surface area contributed by atoms with E-state index in [-0.39, 0.29) is 18.5 Å². The fraction of sp³-hybridized carbons (Fsp3) is 0.538. The van der Waals surface area contributed by atoms with E-state index in [1.54, 1.807) is 34.7 Å². The Morgan fingerprint density at radius 3 is 3.05 bits per heavy atom. The number of thiazole rings is 1. The van der Waals surface area contributed by atoms with E-state index < -0.39 is 6.17 Å². The molecule has 9 heteroatoms. The molecule has 1 fully saturated rings. The normalized spacial score (nSPS) is 21.3. The Labute approximate surface area is 130 Å². The number of alkyl halides is 1. The van der Waals surface area contributed by atoms with Crippen molar-refractivity contribution in [3.05, 3.63) is 22.5 Å². The van der Waals surface area contributed by atoms with Crippen molar-refractivity contribution in [3.8, 4) is 0 Å². The van der Waals surface area contributed by atoms with Crippen LogP contribution in [0.5, 0.6) is 0 Å². The van der Waals surface area contributed by atoms with Gasteiger partial charge in [-0.3, -0.25) is 4.79 Å². The molecule has 2 aromatic heterocycles. The Morgan fingerprint density at radius 1 is 1.59 bits per heavy atom. The average molecular weight is 325 g/mol. The highest BCUT2D eigenvalue weighted by Crippen LogP contribution is 2.27.